The largest absolute Gasteiger partial charge is 0.481 e. The van der Waals surface area contributed by atoms with Crippen LogP contribution in [-0.2, 0) is 4.79 Å². The lowest BCUT2D eigenvalue weighted by atomic mass is 10.0. The van der Waals surface area contributed by atoms with Crippen molar-refractivity contribution in [3.63, 3.8) is 0 Å². The fourth-order valence-electron chi connectivity index (χ4n) is 2.29. The normalized spacial score (nSPS) is 17.2. The number of para-hydroxylation sites is 1. The predicted octanol–water partition coefficient (Wildman–Crippen LogP) is 1.99. The van der Waals surface area contributed by atoms with E-state index in [1.54, 1.807) is 24.3 Å². The highest BCUT2D eigenvalue weighted by Crippen LogP contribution is 2.36. The van der Waals surface area contributed by atoms with Gasteiger partial charge in [-0.05, 0) is 11.6 Å². The van der Waals surface area contributed by atoms with E-state index in [1.165, 1.54) is 11.9 Å². The van der Waals surface area contributed by atoms with Crippen molar-refractivity contribution in [3.8, 4) is 0 Å². The molecular formula is C13H14F2N2O3. The van der Waals surface area contributed by atoms with E-state index in [0.717, 1.165) is 4.90 Å². The Hall–Kier alpha value is -2.18. The quantitative estimate of drug-likeness (QED) is 0.923. The molecule has 2 rings (SSSR count). The number of carbonyl (C=O) groups excluding carboxylic acids is 1. The van der Waals surface area contributed by atoms with Gasteiger partial charge < -0.3 is 10.0 Å². The second-order valence-electron chi connectivity index (χ2n) is 4.61. The summed E-state index contributed by atoms with van der Waals surface area (Å²) in [5.41, 5.74) is 0.991. The second kappa shape index (κ2) is 5.44. The van der Waals surface area contributed by atoms with Gasteiger partial charge in [-0.1, -0.05) is 18.2 Å². The Morgan fingerprint density at radius 1 is 1.45 bits per heavy atom. The summed E-state index contributed by atoms with van der Waals surface area (Å²) in [7, 11) is 1.27. The molecule has 20 heavy (non-hydrogen) atoms. The van der Waals surface area contributed by atoms with E-state index in [4.69, 9.17) is 0 Å². The first-order valence-electron chi connectivity index (χ1n) is 6.04. The first-order chi connectivity index (χ1) is 9.41. The molecule has 0 saturated carbocycles. The molecule has 1 N–H and O–H groups in total. The van der Waals surface area contributed by atoms with Crippen LogP contribution in [0.5, 0.6) is 0 Å². The number of halogens is 2. The number of benzene rings is 1. The molecule has 1 unspecified atom stereocenters. The smallest absolute Gasteiger partial charge is 0.324 e. The Kier molecular flexibility index (Phi) is 3.87. The third kappa shape index (κ3) is 2.56. The molecule has 5 nitrogen and oxygen atoms in total. The number of carboxylic acid groups (broad SMARTS) is 1. The summed E-state index contributed by atoms with van der Waals surface area (Å²) >= 11 is 0. The van der Waals surface area contributed by atoms with Crippen molar-refractivity contribution in [3.05, 3.63) is 29.8 Å². The molecule has 1 aromatic rings. The zero-order valence-corrected chi connectivity index (χ0v) is 10.8. The number of fused-ring (bicyclic) bond motifs is 1. The van der Waals surface area contributed by atoms with Crippen LogP contribution in [0.1, 0.15) is 11.5 Å². The zero-order chi connectivity index (χ0) is 14.9. The fraction of sp³-hybridized carbons (Fsp3) is 0.385. The van der Waals surface area contributed by atoms with Gasteiger partial charge in [0.1, 0.15) is 5.92 Å². The van der Waals surface area contributed by atoms with Crippen molar-refractivity contribution in [2.75, 3.05) is 25.0 Å². The van der Waals surface area contributed by atoms with Gasteiger partial charge in [0.15, 0.2) is 0 Å². The number of carbonyl (C=O) groups is 2. The fourth-order valence-corrected chi connectivity index (χ4v) is 2.29. The molecule has 108 valence electrons. The molecule has 1 aliphatic rings. The van der Waals surface area contributed by atoms with Crippen molar-refractivity contribution in [2.45, 2.75) is 12.3 Å². The highest BCUT2D eigenvalue weighted by molar-refractivity contribution is 5.97. The van der Waals surface area contributed by atoms with E-state index in [1.807, 2.05) is 0 Å². The van der Waals surface area contributed by atoms with Gasteiger partial charge in [-0.15, -0.1) is 0 Å². The number of anilines is 1. The number of hydrogen-bond donors (Lipinski definition) is 1. The number of hydrogen-bond acceptors (Lipinski definition) is 2. The molecular weight excluding hydrogens is 270 g/mol. The Labute approximate surface area is 114 Å². The minimum atomic E-state index is -2.63. The van der Waals surface area contributed by atoms with Crippen molar-refractivity contribution in [1.29, 1.82) is 0 Å². The van der Waals surface area contributed by atoms with E-state index in [-0.39, 0.29) is 6.54 Å². The molecule has 7 heteroatoms. The Morgan fingerprint density at radius 2 is 2.10 bits per heavy atom. The first-order valence-corrected chi connectivity index (χ1v) is 6.04. The summed E-state index contributed by atoms with van der Waals surface area (Å²) in [6.07, 6.45) is -2.63. The number of nitrogens with zero attached hydrogens (tertiary/aromatic N) is 2. The molecule has 0 aromatic heterocycles. The van der Waals surface area contributed by atoms with Gasteiger partial charge >= 0.3 is 12.0 Å². The Balaban J connectivity index is 2.26. The van der Waals surface area contributed by atoms with Crippen LogP contribution >= 0.6 is 0 Å². The molecule has 1 atom stereocenters. The maximum Gasteiger partial charge on any atom is 0.324 e. The van der Waals surface area contributed by atoms with Gasteiger partial charge in [-0.2, -0.15) is 0 Å². The number of rotatable bonds is 3. The number of alkyl halides is 2. The lowest BCUT2D eigenvalue weighted by molar-refractivity contribution is -0.138. The maximum absolute atomic E-state index is 12.3. The summed E-state index contributed by atoms with van der Waals surface area (Å²) in [5.74, 6) is -1.86. The molecule has 1 heterocycles. The minimum Gasteiger partial charge on any atom is -0.481 e. The lowest BCUT2D eigenvalue weighted by Gasteiger charge is -2.24. The second-order valence-corrected chi connectivity index (χ2v) is 4.61. The number of aliphatic carboxylic acids is 1. The third-order valence-corrected chi connectivity index (χ3v) is 3.24. The maximum atomic E-state index is 12.3. The van der Waals surface area contributed by atoms with Crippen molar-refractivity contribution >= 4 is 17.7 Å². The molecule has 1 aliphatic heterocycles. The van der Waals surface area contributed by atoms with Gasteiger partial charge in [0, 0.05) is 19.3 Å². The molecule has 0 spiro atoms. The summed E-state index contributed by atoms with van der Waals surface area (Å²) in [5, 5.41) is 9.17. The van der Waals surface area contributed by atoms with Crippen molar-refractivity contribution < 1.29 is 23.5 Å². The van der Waals surface area contributed by atoms with E-state index >= 15 is 0 Å². The average Bonchev–Trinajstić information content (AvgIpc) is 2.76. The minimum absolute atomic E-state index is 0.0406. The van der Waals surface area contributed by atoms with Crippen molar-refractivity contribution in [1.82, 2.24) is 4.90 Å². The number of amides is 2. The Morgan fingerprint density at radius 3 is 2.70 bits per heavy atom. The van der Waals surface area contributed by atoms with E-state index in [9.17, 15) is 23.5 Å². The van der Waals surface area contributed by atoms with Crippen LogP contribution < -0.4 is 4.90 Å². The van der Waals surface area contributed by atoms with Crippen LogP contribution in [0.2, 0.25) is 0 Å². The van der Waals surface area contributed by atoms with Crippen LogP contribution in [0.15, 0.2) is 24.3 Å². The number of carboxylic acids is 1. The predicted molar refractivity (Wildman–Crippen MR) is 68.2 cm³/mol. The molecule has 2 amide bonds. The molecule has 1 aromatic carbocycles. The SMILES string of the molecule is CN(CC(F)F)C(=O)N1CC(C(=O)O)c2ccccc21. The standard InChI is InChI=1S/C13H14F2N2O3/c1-16(7-11(14)15)13(20)17-6-9(12(18)19)8-4-2-3-5-10(8)17/h2-5,9,11H,6-7H2,1H3,(H,18,19). The van der Waals surface area contributed by atoms with Crippen LogP contribution in [0.25, 0.3) is 0 Å². The summed E-state index contributed by atoms with van der Waals surface area (Å²) in [6, 6.07) is 5.99. The lowest BCUT2D eigenvalue weighted by Crippen LogP contribution is -2.43. The van der Waals surface area contributed by atoms with E-state index in [0.29, 0.717) is 11.3 Å². The summed E-state index contributed by atoms with van der Waals surface area (Å²) in [4.78, 5) is 25.5. The monoisotopic (exact) mass is 284 g/mol. The highest BCUT2D eigenvalue weighted by atomic mass is 19.3. The van der Waals surface area contributed by atoms with E-state index < -0.39 is 30.9 Å². The van der Waals surface area contributed by atoms with E-state index in [2.05, 4.69) is 0 Å². The van der Waals surface area contributed by atoms with Crippen molar-refractivity contribution in [2.24, 2.45) is 0 Å². The Bertz CT molecular complexity index is 536. The molecule has 0 aliphatic carbocycles. The molecule has 0 radical (unpaired) electrons. The first kappa shape index (κ1) is 14.2. The summed E-state index contributed by atoms with van der Waals surface area (Å²) in [6.45, 7) is -0.726. The van der Waals surface area contributed by atoms with Gasteiger partial charge in [0.25, 0.3) is 6.43 Å². The van der Waals surface area contributed by atoms with Gasteiger partial charge in [-0.3, -0.25) is 9.69 Å². The average molecular weight is 284 g/mol. The zero-order valence-electron chi connectivity index (χ0n) is 10.8. The van der Waals surface area contributed by atoms with Crippen LogP contribution in [0.3, 0.4) is 0 Å². The third-order valence-electron chi connectivity index (χ3n) is 3.24. The highest BCUT2D eigenvalue weighted by Gasteiger charge is 2.37. The van der Waals surface area contributed by atoms with Crippen LogP contribution in [-0.4, -0.2) is 48.6 Å². The molecule has 0 bridgehead atoms. The van der Waals surface area contributed by atoms with Gasteiger partial charge in [0.2, 0.25) is 0 Å². The van der Waals surface area contributed by atoms with Crippen LogP contribution in [0, 0.1) is 0 Å². The van der Waals surface area contributed by atoms with Gasteiger partial charge in [-0.25, -0.2) is 13.6 Å². The topological polar surface area (TPSA) is 60.9 Å². The number of urea groups is 1. The van der Waals surface area contributed by atoms with Crippen LogP contribution in [0.4, 0.5) is 19.3 Å². The summed E-state index contributed by atoms with van der Waals surface area (Å²) < 4.78 is 24.7. The molecule has 0 fully saturated rings. The molecule has 0 saturated heterocycles. The van der Waals surface area contributed by atoms with Gasteiger partial charge in [0.05, 0.1) is 6.54 Å².